The Balaban J connectivity index is 2.00. The number of amides is 1. The number of carbonyl (C=O) groups is 1. The fraction of sp³-hybridized carbons (Fsp3) is 0.562. The summed E-state index contributed by atoms with van der Waals surface area (Å²) in [5.74, 6) is 0.529. The number of rotatable bonds is 4. The van der Waals surface area contributed by atoms with Crippen molar-refractivity contribution >= 4 is 21.8 Å². The second kappa shape index (κ2) is 6.72. The predicted octanol–water partition coefficient (Wildman–Crippen LogP) is 3.02. The van der Waals surface area contributed by atoms with E-state index in [1.807, 2.05) is 24.3 Å². The van der Waals surface area contributed by atoms with Crippen molar-refractivity contribution in [3.05, 3.63) is 34.3 Å². The molecule has 110 valence electrons. The van der Waals surface area contributed by atoms with Gasteiger partial charge in [-0.15, -0.1) is 0 Å². The number of carbonyl (C=O) groups excluding carboxylic acids is 1. The Labute approximate surface area is 129 Å². The van der Waals surface area contributed by atoms with Crippen molar-refractivity contribution in [2.45, 2.75) is 44.6 Å². The van der Waals surface area contributed by atoms with E-state index < -0.39 is 0 Å². The minimum Gasteiger partial charge on any atom is -0.349 e. The largest absolute Gasteiger partial charge is 0.349 e. The lowest BCUT2D eigenvalue weighted by Crippen LogP contribution is -2.59. The average Bonchev–Trinajstić information content (AvgIpc) is 2.44. The maximum atomic E-state index is 12.3. The van der Waals surface area contributed by atoms with Crippen LogP contribution in [-0.2, 0) is 11.2 Å². The highest BCUT2D eigenvalue weighted by molar-refractivity contribution is 9.10. The third-order valence-corrected chi connectivity index (χ3v) is 5.01. The number of hydrogen-bond donors (Lipinski definition) is 2. The van der Waals surface area contributed by atoms with Crippen molar-refractivity contribution in [3.63, 3.8) is 0 Å². The van der Waals surface area contributed by atoms with Gasteiger partial charge in [0.15, 0.2) is 0 Å². The van der Waals surface area contributed by atoms with E-state index in [0.717, 1.165) is 29.3 Å². The summed E-state index contributed by atoms with van der Waals surface area (Å²) in [5.41, 5.74) is 6.79. The molecule has 0 saturated heterocycles. The van der Waals surface area contributed by atoms with Crippen LogP contribution in [0.1, 0.15) is 38.2 Å². The van der Waals surface area contributed by atoms with E-state index >= 15 is 0 Å². The van der Waals surface area contributed by atoms with Gasteiger partial charge in [-0.1, -0.05) is 47.8 Å². The zero-order chi connectivity index (χ0) is 14.6. The Morgan fingerprint density at radius 2 is 2.10 bits per heavy atom. The van der Waals surface area contributed by atoms with Gasteiger partial charge in [0.1, 0.15) is 0 Å². The first kappa shape index (κ1) is 15.5. The first-order chi connectivity index (χ1) is 9.55. The second-order valence-corrected chi connectivity index (χ2v) is 6.77. The topological polar surface area (TPSA) is 55.1 Å². The van der Waals surface area contributed by atoms with Crippen LogP contribution in [0.3, 0.4) is 0 Å². The van der Waals surface area contributed by atoms with Gasteiger partial charge in [0.2, 0.25) is 5.91 Å². The van der Waals surface area contributed by atoms with Gasteiger partial charge in [0.05, 0.1) is 12.0 Å². The summed E-state index contributed by atoms with van der Waals surface area (Å²) >= 11 is 3.40. The molecule has 1 fully saturated rings. The molecule has 3 N–H and O–H groups in total. The number of halogens is 1. The van der Waals surface area contributed by atoms with Crippen molar-refractivity contribution in [1.82, 2.24) is 5.32 Å². The van der Waals surface area contributed by atoms with Crippen LogP contribution in [0.4, 0.5) is 0 Å². The molecule has 3 nitrogen and oxygen atoms in total. The highest BCUT2D eigenvalue weighted by atomic mass is 79.9. The van der Waals surface area contributed by atoms with Crippen LogP contribution in [0.2, 0.25) is 0 Å². The van der Waals surface area contributed by atoms with Gasteiger partial charge in [-0.05, 0) is 36.5 Å². The maximum Gasteiger partial charge on any atom is 0.224 e. The molecule has 0 spiro atoms. The third-order valence-electron chi connectivity index (χ3n) is 4.48. The lowest BCUT2D eigenvalue weighted by atomic mass is 9.73. The van der Waals surface area contributed by atoms with Crippen LogP contribution >= 0.6 is 15.9 Å². The summed E-state index contributed by atoms with van der Waals surface area (Å²) in [4.78, 5) is 12.3. The average molecular weight is 339 g/mol. The van der Waals surface area contributed by atoms with Crippen LogP contribution in [-0.4, -0.2) is 18.0 Å². The maximum absolute atomic E-state index is 12.3. The summed E-state index contributed by atoms with van der Waals surface area (Å²) in [6, 6.07) is 7.88. The second-order valence-electron chi connectivity index (χ2n) is 5.86. The third kappa shape index (κ3) is 3.61. The summed E-state index contributed by atoms with van der Waals surface area (Å²) in [6.45, 7) is 2.73. The minimum atomic E-state index is -0.204. The molecule has 1 aromatic rings. The van der Waals surface area contributed by atoms with E-state index in [0.29, 0.717) is 18.9 Å². The molecule has 1 amide bonds. The first-order valence-electron chi connectivity index (χ1n) is 7.31. The van der Waals surface area contributed by atoms with Gasteiger partial charge in [-0.3, -0.25) is 4.79 Å². The Kier molecular flexibility index (Phi) is 5.22. The van der Waals surface area contributed by atoms with Crippen molar-refractivity contribution < 1.29 is 4.79 Å². The van der Waals surface area contributed by atoms with E-state index in [1.54, 1.807) is 0 Å². The molecular weight excluding hydrogens is 316 g/mol. The van der Waals surface area contributed by atoms with Crippen molar-refractivity contribution in [1.29, 1.82) is 0 Å². The fourth-order valence-electron chi connectivity index (χ4n) is 3.06. The Hall–Kier alpha value is -0.870. The smallest absolute Gasteiger partial charge is 0.224 e. The normalized spacial score (nSPS) is 26.2. The summed E-state index contributed by atoms with van der Waals surface area (Å²) < 4.78 is 1.03. The molecule has 1 saturated carbocycles. The van der Waals surface area contributed by atoms with Gasteiger partial charge >= 0.3 is 0 Å². The zero-order valence-corrected chi connectivity index (χ0v) is 13.6. The standard InChI is InChI=1S/C16H23BrN2O/c1-12-4-2-3-9-16(12,11-18)19-15(20)10-13-5-7-14(17)8-6-13/h5-8,12H,2-4,9-11,18H2,1H3,(H,19,20). The molecule has 1 aliphatic rings. The van der Waals surface area contributed by atoms with E-state index in [2.05, 4.69) is 28.2 Å². The monoisotopic (exact) mass is 338 g/mol. The van der Waals surface area contributed by atoms with Crippen molar-refractivity contribution in [2.75, 3.05) is 6.54 Å². The summed E-state index contributed by atoms with van der Waals surface area (Å²) in [5, 5.41) is 3.22. The predicted molar refractivity (Wildman–Crippen MR) is 85.4 cm³/mol. The SMILES string of the molecule is CC1CCCCC1(CN)NC(=O)Cc1ccc(Br)cc1. The van der Waals surface area contributed by atoms with Crippen LogP contribution < -0.4 is 11.1 Å². The van der Waals surface area contributed by atoms with Crippen LogP contribution in [0.25, 0.3) is 0 Å². The van der Waals surface area contributed by atoms with Gasteiger partial charge < -0.3 is 11.1 Å². The van der Waals surface area contributed by atoms with Gasteiger partial charge in [-0.2, -0.15) is 0 Å². The molecule has 0 bridgehead atoms. The molecule has 0 radical (unpaired) electrons. The number of nitrogens with one attached hydrogen (secondary N) is 1. The molecule has 0 aromatic heterocycles. The highest BCUT2D eigenvalue weighted by Gasteiger charge is 2.38. The molecule has 0 heterocycles. The number of benzene rings is 1. The fourth-order valence-corrected chi connectivity index (χ4v) is 3.33. The molecule has 2 unspecified atom stereocenters. The summed E-state index contributed by atoms with van der Waals surface area (Å²) in [7, 11) is 0. The van der Waals surface area contributed by atoms with Crippen LogP contribution in [0.5, 0.6) is 0 Å². The zero-order valence-electron chi connectivity index (χ0n) is 12.0. The van der Waals surface area contributed by atoms with Gasteiger partial charge in [0.25, 0.3) is 0 Å². The molecular formula is C16H23BrN2O. The summed E-state index contributed by atoms with van der Waals surface area (Å²) in [6.07, 6.45) is 4.96. The quantitative estimate of drug-likeness (QED) is 0.886. The van der Waals surface area contributed by atoms with Gasteiger partial charge in [0, 0.05) is 11.0 Å². The molecule has 20 heavy (non-hydrogen) atoms. The van der Waals surface area contributed by atoms with E-state index in [-0.39, 0.29) is 11.4 Å². The Morgan fingerprint density at radius 3 is 2.70 bits per heavy atom. The van der Waals surface area contributed by atoms with E-state index in [1.165, 1.54) is 6.42 Å². The van der Waals surface area contributed by atoms with Crippen LogP contribution in [0.15, 0.2) is 28.7 Å². The lowest BCUT2D eigenvalue weighted by Gasteiger charge is -2.42. The molecule has 1 aromatic carbocycles. The van der Waals surface area contributed by atoms with Crippen molar-refractivity contribution in [2.24, 2.45) is 11.7 Å². The van der Waals surface area contributed by atoms with E-state index in [9.17, 15) is 4.79 Å². The lowest BCUT2D eigenvalue weighted by molar-refractivity contribution is -0.123. The Morgan fingerprint density at radius 1 is 1.40 bits per heavy atom. The number of nitrogens with two attached hydrogens (primary N) is 1. The molecule has 2 atom stereocenters. The van der Waals surface area contributed by atoms with Crippen LogP contribution in [0, 0.1) is 5.92 Å². The van der Waals surface area contributed by atoms with Crippen molar-refractivity contribution in [3.8, 4) is 0 Å². The highest BCUT2D eigenvalue weighted by Crippen LogP contribution is 2.32. The number of hydrogen-bond acceptors (Lipinski definition) is 2. The minimum absolute atomic E-state index is 0.0755. The van der Waals surface area contributed by atoms with Gasteiger partial charge in [-0.25, -0.2) is 0 Å². The first-order valence-corrected chi connectivity index (χ1v) is 8.10. The van der Waals surface area contributed by atoms with E-state index in [4.69, 9.17) is 5.73 Å². The Bertz CT molecular complexity index is 460. The molecule has 0 aliphatic heterocycles. The molecule has 2 rings (SSSR count). The molecule has 1 aliphatic carbocycles. The molecule has 4 heteroatoms.